The second kappa shape index (κ2) is 6.12. The van der Waals surface area contributed by atoms with Crippen molar-refractivity contribution in [3.8, 4) is 6.07 Å². The van der Waals surface area contributed by atoms with Gasteiger partial charge in [-0.25, -0.2) is 4.79 Å². The van der Waals surface area contributed by atoms with Crippen LogP contribution in [0.15, 0.2) is 71.2 Å². The molecule has 0 fully saturated rings. The number of benzene rings is 2. The second-order valence-electron chi connectivity index (χ2n) is 7.21. The van der Waals surface area contributed by atoms with Crippen LogP contribution in [0.3, 0.4) is 0 Å². The van der Waals surface area contributed by atoms with Gasteiger partial charge in [0.2, 0.25) is 5.91 Å². The molecule has 2 N–H and O–H groups in total. The van der Waals surface area contributed by atoms with E-state index in [0.717, 1.165) is 0 Å². The van der Waals surface area contributed by atoms with Crippen LogP contribution in [0.5, 0.6) is 0 Å². The predicted molar refractivity (Wildman–Crippen MR) is 110 cm³/mol. The number of rotatable bonds is 1. The van der Waals surface area contributed by atoms with Gasteiger partial charge in [-0.15, -0.1) is 0 Å². The van der Waals surface area contributed by atoms with Gasteiger partial charge >= 0.3 is 5.97 Å². The van der Waals surface area contributed by atoms with Crippen molar-refractivity contribution in [3.05, 3.63) is 81.8 Å². The lowest BCUT2D eigenvalue weighted by Gasteiger charge is -2.38. The Morgan fingerprint density at radius 3 is 2.57 bits per heavy atom. The Balaban J connectivity index is 1.87. The summed E-state index contributed by atoms with van der Waals surface area (Å²) in [5.41, 5.74) is 7.21. The number of hydrogen-bond donors (Lipinski definition) is 1. The maximum absolute atomic E-state index is 13.6. The molecule has 0 radical (unpaired) electrons. The van der Waals surface area contributed by atoms with Crippen LogP contribution in [-0.2, 0) is 19.7 Å². The van der Waals surface area contributed by atoms with E-state index in [4.69, 9.17) is 22.1 Å². The van der Waals surface area contributed by atoms with E-state index in [2.05, 4.69) is 6.07 Å². The van der Waals surface area contributed by atoms with Crippen LogP contribution in [0, 0.1) is 11.3 Å². The molecule has 2 aromatic rings. The molecule has 2 aromatic carbocycles. The van der Waals surface area contributed by atoms with Crippen molar-refractivity contribution >= 4 is 34.9 Å². The number of carbonyl (C=O) groups excluding carboxylic acids is 2. The Kier molecular flexibility index (Phi) is 3.73. The molecule has 5 rings (SSSR count). The number of fused-ring (bicyclic) bond motifs is 3. The number of anilines is 2. The SMILES string of the molecule is CN1C(=O)C2(C(C#N)=C(N)N(c3ccc(Cl)cc3)C3=C2C(=O)OC3)c2ccccc21. The molecule has 7 nitrogen and oxygen atoms in total. The molecule has 3 aliphatic rings. The van der Waals surface area contributed by atoms with Gasteiger partial charge in [0.1, 0.15) is 23.9 Å². The maximum atomic E-state index is 13.6. The van der Waals surface area contributed by atoms with Crippen LogP contribution in [0.2, 0.25) is 5.02 Å². The van der Waals surface area contributed by atoms with Crippen molar-refractivity contribution in [2.45, 2.75) is 5.41 Å². The van der Waals surface area contributed by atoms with Gasteiger partial charge in [0, 0.05) is 29.0 Å². The van der Waals surface area contributed by atoms with Gasteiger partial charge in [-0.05, 0) is 30.3 Å². The predicted octanol–water partition coefficient (Wildman–Crippen LogP) is 2.58. The molecule has 3 heterocycles. The third-order valence-electron chi connectivity index (χ3n) is 5.84. The average Bonchev–Trinajstić information content (AvgIpc) is 3.23. The first-order valence-corrected chi connectivity index (χ1v) is 9.55. The van der Waals surface area contributed by atoms with E-state index in [9.17, 15) is 14.9 Å². The zero-order chi connectivity index (χ0) is 21.2. The van der Waals surface area contributed by atoms with Crippen molar-refractivity contribution in [2.24, 2.45) is 5.73 Å². The highest BCUT2D eigenvalue weighted by Gasteiger charge is 2.63. The molecule has 30 heavy (non-hydrogen) atoms. The minimum atomic E-state index is -1.63. The van der Waals surface area contributed by atoms with Gasteiger partial charge < -0.3 is 15.4 Å². The zero-order valence-corrected chi connectivity index (χ0v) is 16.6. The quantitative estimate of drug-likeness (QED) is 0.714. The lowest BCUT2D eigenvalue weighted by Crippen LogP contribution is -2.50. The van der Waals surface area contributed by atoms with E-state index in [1.54, 1.807) is 60.5 Å². The molecule has 148 valence electrons. The summed E-state index contributed by atoms with van der Waals surface area (Å²) >= 11 is 6.01. The van der Waals surface area contributed by atoms with Gasteiger partial charge in [0.25, 0.3) is 0 Å². The number of halogens is 1. The molecule has 1 spiro atoms. The highest BCUT2D eigenvalue weighted by molar-refractivity contribution is 6.30. The summed E-state index contributed by atoms with van der Waals surface area (Å²) in [4.78, 5) is 29.6. The van der Waals surface area contributed by atoms with E-state index in [0.29, 0.717) is 27.7 Å². The molecule has 0 saturated heterocycles. The van der Waals surface area contributed by atoms with E-state index >= 15 is 0 Å². The molecule has 0 bridgehead atoms. The first-order valence-electron chi connectivity index (χ1n) is 9.17. The third kappa shape index (κ3) is 2.03. The largest absolute Gasteiger partial charge is 0.456 e. The number of likely N-dealkylation sites (N-methyl/N-ethyl adjacent to an activating group) is 1. The number of cyclic esters (lactones) is 1. The van der Waals surface area contributed by atoms with Gasteiger partial charge in [-0.1, -0.05) is 29.8 Å². The zero-order valence-electron chi connectivity index (χ0n) is 15.8. The molecule has 0 aliphatic carbocycles. The second-order valence-corrected chi connectivity index (χ2v) is 7.65. The topological polar surface area (TPSA) is 99.7 Å². The average molecular weight is 419 g/mol. The molecule has 0 aromatic heterocycles. The molecule has 1 unspecified atom stereocenters. The number of carbonyl (C=O) groups is 2. The Labute approximate surface area is 177 Å². The lowest BCUT2D eigenvalue weighted by molar-refractivity contribution is -0.137. The first-order chi connectivity index (χ1) is 14.4. The normalized spacial score (nSPS) is 22.4. The summed E-state index contributed by atoms with van der Waals surface area (Å²) in [6.45, 7) is -0.0584. The van der Waals surface area contributed by atoms with Crippen molar-refractivity contribution in [2.75, 3.05) is 23.5 Å². The summed E-state index contributed by atoms with van der Waals surface area (Å²) in [6, 6.07) is 16.0. The monoisotopic (exact) mass is 418 g/mol. The smallest absolute Gasteiger partial charge is 0.338 e. The van der Waals surface area contributed by atoms with Crippen molar-refractivity contribution < 1.29 is 14.3 Å². The number of ether oxygens (including phenoxy) is 1. The standard InChI is InChI=1S/C22H15ClN4O3/c1-26-16-5-3-2-4-14(16)22(21(26)29)15(10-24)19(25)27(13-8-6-12(23)7-9-13)17-11-30-20(28)18(17)22/h2-9H,11,25H2,1H3. The molecular weight excluding hydrogens is 404 g/mol. The molecule has 3 aliphatic heterocycles. The highest BCUT2D eigenvalue weighted by atomic mass is 35.5. The van der Waals surface area contributed by atoms with Crippen molar-refractivity contribution in [1.82, 2.24) is 0 Å². The van der Waals surface area contributed by atoms with Gasteiger partial charge in [0.15, 0.2) is 0 Å². The van der Waals surface area contributed by atoms with Crippen LogP contribution in [-0.4, -0.2) is 25.5 Å². The van der Waals surface area contributed by atoms with Crippen LogP contribution in [0.1, 0.15) is 5.56 Å². The van der Waals surface area contributed by atoms with E-state index in [-0.39, 0.29) is 23.6 Å². The number of nitrogens with two attached hydrogens (primary N) is 1. The van der Waals surface area contributed by atoms with E-state index in [1.807, 2.05) is 0 Å². The maximum Gasteiger partial charge on any atom is 0.338 e. The number of esters is 1. The Hall–Kier alpha value is -3.76. The summed E-state index contributed by atoms with van der Waals surface area (Å²) in [5.74, 6) is -0.969. The van der Waals surface area contributed by atoms with Gasteiger partial charge in [0.05, 0.1) is 16.8 Å². The summed E-state index contributed by atoms with van der Waals surface area (Å²) < 4.78 is 5.36. The van der Waals surface area contributed by atoms with Crippen LogP contribution < -0.4 is 15.5 Å². The van der Waals surface area contributed by atoms with Gasteiger partial charge in [-0.2, -0.15) is 5.26 Å². The number of para-hydroxylation sites is 1. The van der Waals surface area contributed by atoms with Crippen LogP contribution in [0.25, 0.3) is 0 Å². The van der Waals surface area contributed by atoms with Crippen LogP contribution >= 0.6 is 11.6 Å². The number of hydrogen-bond acceptors (Lipinski definition) is 6. The highest BCUT2D eigenvalue weighted by Crippen LogP contribution is 2.55. The molecule has 1 atom stereocenters. The summed E-state index contributed by atoms with van der Waals surface area (Å²) in [6.07, 6.45) is 0. The Morgan fingerprint density at radius 2 is 1.87 bits per heavy atom. The Morgan fingerprint density at radius 1 is 1.17 bits per heavy atom. The Bertz CT molecular complexity index is 1240. The minimum absolute atomic E-state index is 0.00292. The lowest BCUT2D eigenvalue weighted by atomic mass is 9.67. The number of amides is 1. The third-order valence-corrected chi connectivity index (χ3v) is 6.09. The summed E-state index contributed by atoms with van der Waals surface area (Å²) in [5, 5.41) is 10.7. The fraction of sp³-hybridized carbons (Fsp3) is 0.136. The van der Waals surface area contributed by atoms with E-state index < -0.39 is 17.3 Å². The van der Waals surface area contributed by atoms with Crippen molar-refractivity contribution in [1.29, 1.82) is 5.26 Å². The summed E-state index contributed by atoms with van der Waals surface area (Å²) in [7, 11) is 1.62. The van der Waals surface area contributed by atoms with Crippen molar-refractivity contribution in [3.63, 3.8) is 0 Å². The van der Waals surface area contributed by atoms with E-state index in [1.165, 1.54) is 4.90 Å². The first kappa shape index (κ1) is 18.3. The molecular formula is C22H15ClN4O3. The molecule has 0 saturated carbocycles. The van der Waals surface area contributed by atoms with Crippen LogP contribution in [0.4, 0.5) is 11.4 Å². The molecule has 1 amide bonds. The molecule has 8 heteroatoms. The fourth-order valence-electron chi connectivity index (χ4n) is 4.59. The minimum Gasteiger partial charge on any atom is -0.456 e. The van der Waals surface area contributed by atoms with Gasteiger partial charge in [-0.3, -0.25) is 9.69 Å². The fourth-order valence-corrected chi connectivity index (χ4v) is 4.71. The number of nitriles is 1. The number of nitrogens with zero attached hydrogens (tertiary/aromatic N) is 3.